The highest BCUT2D eigenvalue weighted by molar-refractivity contribution is 6.31. The Hall–Kier alpha value is -2.89. The number of carbonyl (C=O) groups is 1. The van der Waals surface area contributed by atoms with Crippen molar-refractivity contribution in [2.24, 2.45) is 0 Å². The Morgan fingerprint density at radius 2 is 1.96 bits per heavy atom. The predicted octanol–water partition coefficient (Wildman–Crippen LogP) is 5.00. The van der Waals surface area contributed by atoms with Crippen molar-refractivity contribution in [2.45, 2.75) is 26.7 Å². The second-order valence-electron chi connectivity index (χ2n) is 6.42. The zero-order chi connectivity index (χ0) is 19.4. The van der Waals surface area contributed by atoms with E-state index in [0.29, 0.717) is 17.1 Å². The van der Waals surface area contributed by atoms with Crippen LogP contribution in [0.1, 0.15) is 32.3 Å². The van der Waals surface area contributed by atoms with Crippen LogP contribution in [-0.4, -0.2) is 19.0 Å². The lowest BCUT2D eigenvalue weighted by Gasteiger charge is -2.23. The molecule has 0 atom stereocenters. The molecule has 0 fully saturated rings. The summed E-state index contributed by atoms with van der Waals surface area (Å²) in [4.78, 5) is 14.1. The topological polar surface area (TPSA) is 44.4 Å². The van der Waals surface area contributed by atoms with Crippen LogP contribution in [0.15, 0.2) is 42.6 Å². The maximum absolute atomic E-state index is 14.6. The molecule has 27 heavy (non-hydrogen) atoms. The summed E-state index contributed by atoms with van der Waals surface area (Å²) in [6.07, 6.45) is 3.46. The third kappa shape index (κ3) is 3.94. The molecule has 0 saturated carbocycles. The number of halogens is 2. The van der Waals surface area contributed by atoms with E-state index in [-0.39, 0.29) is 17.0 Å². The molecule has 0 saturated heterocycles. The lowest BCUT2D eigenvalue weighted by molar-refractivity contribution is -0.110. The number of benzene rings is 2. The van der Waals surface area contributed by atoms with Crippen molar-refractivity contribution in [3.8, 4) is 0 Å². The van der Waals surface area contributed by atoms with Crippen LogP contribution in [0.25, 0.3) is 5.57 Å². The van der Waals surface area contributed by atoms with Gasteiger partial charge in [0, 0.05) is 30.5 Å². The summed E-state index contributed by atoms with van der Waals surface area (Å²) in [5.74, 6) is -1.20. The van der Waals surface area contributed by atoms with Crippen molar-refractivity contribution in [3.63, 3.8) is 0 Å². The zero-order valence-electron chi connectivity index (χ0n) is 15.5. The molecule has 2 aromatic rings. The Morgan fingerprint density at radius 3 is 2.67 bits per heavy atom. The van der Waals surface area contributed by atoms with E-state index in [1.165, 1.54) is 24.4 Å². The molecule has 0 aliphatic carbocycles. The fourth-order valence-corrected chi connectivity index (χ4v) is 3.15. The van der Waals surface area contributed by atoms with Gasteiger partial charge in [0.1, 0.15) is 11.6 Å². The summed E-state index contributed by atoms with van der Waals surface area (Å²) in [6, 6.07) is 9.34. The lowest BCUT2D eigenvalue weighted by atomic mass is 10.1. The van der Waals surface area contributed by atoms with Crippen LogP contribution in [-0.2, 0) is 4.79 Å². The number of anilines is 3. The summed E-state index contributed by atoms with van der Waals surface area (Å²) >= 11 is 0. The second-order valence-corrected chi connectivity index (χ2v) is 6.42. The van der Waals surface area contributed by atoms with Crippen molar-refractivity contribution in [2.75, 3.05) is 28.6 Å². The number of nitrogens with one attached hydrogen (secondary N) is 2. The Labute approximate surface area is 157 Å². The molecule has 0 aromatic heterocycles. The number of unbranched alkanes of at least 4 members (excludes halogenated alkanes) is 1. The predicted molar refractivity (Wildman–Crippen MR) is 106 cm³/mol. The minimum atomic E-state index is -0.477. The fourth-order valence-electron chi connectivity index (χ4n) is 3.15. The average Bonchev–Trinajstić information content (AvgIpc) is 2.98. The first kappa shape index (κ1) is 18.9. The van der Waals surface area contributed by atoms with E-state index in [4.69, 9.17) is 0 Å². The highest BCUT2D eigenvalue weighted by atomic mass is 19.1. The minimum Gasteiger partial charge on any atom is -0.369 e. The van der Waals surface area contributed by atoms with E-state index in [2.05, 4.69) is 17.6 Å². The van der Waals surface area contributed by atoms with Crippen LogP contribution in [0.4, 0.5) is 25.8 Å². The van der Waals surface area contributed by atoms with Crippen molar-refractivity contribution in [1.29, 1.82) is 0 Å². The number of fused-ring (bicyclic) bond motifs is 1. The van der Waals surface area contributed by atoms with Gasteiger partial charge >= 0.3 is 0 Å². The number of hydrogen-bond donors (Lipinski definition) is 2. The van der Waals surface area contributed by atoms with Crippen molar-refractivity contribution in [3.05, 3.63) is 59.8 Å². The molecule has 6 heteroatoms. The van der Waals surface area contributed by atoms with Crippen LogP contribution >= 0.6 is 0 Å². The summed E-state index contributed by atoms with van der Waals surface area (Å²) in [6.45, 7) is 5.63. The molecule has 2 N–H and O–H groups in total. The van der Waals surface area contributed by atoms with Gasteiger partial charge in [-0.1, -0.05) is 19.4 Å². The van der Waals surface area contributed by atoms with Crippen LogP contribution in [0.2, 0.25) is 0 Å². The van der Waals surface area contributed by atoms with Gasteiger partial charge in [0.25, 0.3) is 5.91 Å². The standard InChI is InChI=1S/C21H23F2N3O/c1-3-5-11-26(4-2)19-10-9-14(12-17(19)23)24-13-15-20-16(22)7-6-8-18(20)25-21(15)27/h6-10,12-13,24H,3-5,11H2,1-2H3,(H,25,27)/b15-13+. The van der Waals surface area contributed by atoms with Gasteiger partial charge in [0.05, 0.1) is 16.9 Å². The number of rotatable bonds is 7. The van der Waals surface area contributed by atoms with E-state index in [1.807, 2.05) is 11.8 Å². The Bertz CT molecular complexity index is 880. The molecule has 1 amide bonds. The molecular formula is C21H23F2N3O. The van der Waals surface area contributed by atoms with E-state index >= 15 is 0 Å². The number of nitrogens with zero attached hydrogens (tertiary/aromatic N) is 1. The number of hydrogen-bond acceptors (Lipinski definition) is 3. The molecule has 0 spiro atoms. The third-order valence-electron chi connectivity index (χ3n) is 4.61. The molecule has 3 rings (SSSR count). The van der Waals surface area contributed by atoms with Gasteiger partial charge in [-0.05, 0) is 43.7 Å². The van der Waals surface area contributed by atoms with Crippen LogP contribution < -0.4 is 15.5 Å². The summed E-state index contributed by atoms with van der Waals surface area (Å²) in [5.41, 5.74) is 1.89. The Morgan fingerprint density at radius 1 is 1.15 bits per heavy atom. The maximum atomic E-state index is 14.6. The first-order valence-corrected chi connectivity index (χ1v) is 9.16. The molecular weight excluding hydrogens is 348 g/mol. The first-order chi connectivity index (χ1) is 13.0. The van der Waals surface area contributed by atoms with E-state index in [9.17, 15) is 13.6 Å². The highest BCUT2D eigenvalue weighted by Crippen LogP contribution is 2.33. The van der Waals surface area contributed by atoms with Gasteiger partial charge in [-0.3, -0.25) is 4.79 Å². The zero-order valence-corrected chi connectivity index (χ0v) is 15.5. The van der Waals surface area contributed by atoms with Gasteiger partial charge in [0.2, 0.25) is 0 Å². The molecule has 0 bridgehead atoms. The van der Waals surface area contributed by atoms with Crippen molar-refractivity contribution in [1.82, 2.24) is 0 Å². The third-order valence-corrected chi connectivity index (χ3v) is 4.61. The van der Waals surface area contributed by atoms with E-state index in [1.54, 1.807) is 18.2 Å². The molecule has 142 valence electrons. The summed E-state index contributed by atoms with van der Waals surface area (Å²) < 4.78 is 28.6. The van der Waals surface area contributed by atoms with Gasteiger partial charge in [-0.2, -0.15) is 0 Å². The average molecular weight is 371 g/mol. The molecule has 0 radical (unpaired) electrons. The van der Waals surface area contributed by atoms with E-state index < -0.39 is 11.7 Å². The molecule has 0 unspecified atom stereocenters. The molecule has 1 aliphatic rings. The molecule has 1 aliphatic heterocycles. The van der Waals surface area contributed by atoms with Gasteiger partial charge in [0.15, 0.2) is 0 Å². The highest BCUT2D eigenvalue weighted by Gasteiger charge is 2.27. The Kier molecular flexibility index (Phi) is 5.74. The maximum Gasteiger partial charge on any atom is 0.257 e. The number of amides is 1. The van der Waals surface area contributed by atoms with Gasteiger partial charge < -0.3 is 15.5 Å². The monoisotopic (exact) mass is 371 g/mol. The quantitative estimate of drug-likeness (QED) is 0.674. The van der Waals surface area contributed by atoms with Crippen LogP contribution in [0.3, 0.4) is 0 Å². The minimum absolute atomic E-state index is 0.186. The molecule has 4 nitrogen and oxygen atoms in total. The largest absolute Gasteiger partial charge is 0.369 e. The van der Waals surface area contributed by atoms with Crippen molar-refractivity contribution < 1.29 is 13.6 Å². The molecule has 1 heterocycles. The smallest absolute Gasteiger partial charge is 0.257 e. The second kappa shape index (κ2) is 8.20. The Balaban J connectivity index is 1.81. The van der Waals surface area contributed by atoms with Crippen molar-refractivity contribution >= 4 is 28.5 Å². The summed E-state index contributed by atoms with van der Waals surface area (Å²) in [7, 11) is 0. The van der Waals surface area contributed by atoms with Crippen LogP contribution in [0, 0.1) is 11.6 Å². The van der Waals surface area contributed by atoms with E-state index in [0.717, 1.165) is 25.9 Å². The fraction of sp³-hybridized carbons (Fsp3) is 0.286. The summed E-state index contributed by atoms with van der Waals surface area (Å²) in [5, 5.41) is 5.52. The lowest BCUT2D eigenvalue weighted by Crippen LogP contribution is -2.24. The first-order valence-electron chi connectivity index (χ1n) is 9.16. The SMILES string of the molecule is CCCCN(CC)c1ccc(N/C=C2/C(=O)Nc3cccc(F)c32)cc1F. The van der Waals surface area contributed by atoms with Crippen LogP contribution in [0.5, 0.6) is 0 Å². The van der Waals surface area contributed by atoms with Gasteiger partial charge in [-0.15, -0.1) is 0 Å². The molecule has 2 aromatic carbocycles. The number of carbonyl (C=O) groups excluding carboxylic acids is 1. The van der Waals surface area contributed by atoms with Gasteiger partial charge in [-0.25, -0.2) is 8.78 Å². The normalized spacial score (nSPS) is 14.2.